The molecular formula is C19H20N6S. The first kappa shape index (κ1) is 16.5. The summed E-state index contributed by atoms with van der Waals surface area (Å²) in [6, 6.07) is 6.12. The Morgan fingerprint density at radius 1 is 1.31 bits per heavy atom. The van der Waals surface area contributed by atoms with Crippen LogP contribution in [0.5, 0.6) is 0 Å². The third kappa shape index (κ3) is 2.61. The maximum absolute atomic E-state index is 5.95. The van der Waals surface area contributed by atoms with Crippen molar-refractivity contribution in [3.05, 3.63) is 47.6 Å². The van der Waals surface area contributed by atoms with Crippen LogP contribution in [0.1, 0.15) is 18.2 Å². The number of thiazole rings is 1. The van der Waals surface area contributed by atoms with E-state index in [1.54, 1.807) is 11.3 Å². The van der Waals surface area contributed by atoms with Crippen LogP contribution in [0, 0.1) is 6.92 Å². The maximum Gasteiger partial charge on any atom is 0.124 e. The zero-order valence-electron chi connectivity index (χ0n) is 15.0. The van der Waals surface area contributed by atoms with Crippen LogP contribution in [-0.4, -0.2) is 24.5 Å². The normalized spacial score (nSPS) is 11.3. The van der Waals surface area contributed by atoms with E-state index in [2.05, 4.69) is 35.1 Å². The Hall–Kier alpha value is -2.93. The number of rotatable bonds is 4. The lowest BCUT2D eigenvalue weighted by atomic mass is 10.0. The quantitative estimate of drug-likeness (QED) is 0.597. The van der Waals surface area contributed by atoms with Crippen LogP contribution < -0.4 is 5.73 Å². The van der Waals surface area contributed by atoms with E-state index < -0.39 is 0 Å². The summed E-state index contributed by atoms with van der Waals surface area (Å²) < 4.78 is 3.82. The lowest BCUT2D eigenvalue weighted by molar-refractivity contribution is 0.659. The van der Waals surface area contributed by atoms with Gasteiger partial charge in [0.1, 0.15) is 5.01 Å². The summed E-state index contributed by atoms with van der Waals surface area (Å²) in [6.45, 7) is 8.77. The Kier molecular flexibility index (Phi) is 3.88. The van der Waals surface area contributed by atoms with Crippen molar-refractivity contribution in [3.63, 3.8) is 0 Å². The number of hydrogen-bond donors (Lipinski definition) is 1. The molecule has 4 aromatic rings. The lowest BCUT2D eigenvalue weighted by Gasteiger charge is -2.06. The lowest BCUT2D eigenvalue weighted by Crippen LogP contribution is -1.99. The van der Waals surface area contributed by atoms with Crippen LogP contribution in [-0.2, 0) is 13.6 Å². The van der Waals surface area contributed by atoms with Crippen molar-refractivity contribution in [2.75, 3.05) is 0 Å². The molecule has 1 aromatic carbocycles. The molecule has 0 amide bonds. The number of nitrogens with zero attached hydrogens (tertiary/aromatic N) is 5. The molecule has 0 radical (unpaired) electrons. The van der Waals surface area contributed by atoms with Crippen molar-refractivity contribution >= 4 is 27.9 Å². The number of aromatic nitrogens is 5. The molecule has 0 aliphatic carbocycles. The van der Waals surface area contributed by atoms with Gasteiger partial charge in [0.25, 0.3) is 0 Å². The SMILES string of the molecule is C=C(N)c1cc(-c2nc(-c3cc(C)nn3CC)cs2)c2cnn(C)c2c1. The second kappa shape index (κ2) is 6.10. The molecule has 0 aliphatic rings. The van der Waals surface area contributed by atoms with Gasteiger partial charge in [-0.15, -0.1) is 11.3 Å². The number of hydrogen-bond acceptors (Lipinski definition) is 5. The Morgan fingerprint density at radius 2 is 2.12 bits per heavy atom. The smallest absolute Gasteiger partial charge is 0.124 e. The van der Waals surface area contributed by atoms with E-state index in [1.165, 1.54) is 0 Å². The molecule has 0 unspecified atom stereocenters. The number of fused-ring (bicyclic) bond motifs is 1. The van der Waals surface area contributed by atoms with Gasteiger partial charge in [-0.2, -0.15) is 10.2 Å². The van der Waals surface area contributed by atoms with Gasteiger partial charge in [-0.3, -0.25) is 9.36 Å². The Balaban J connectivity index is 1.89. The Morgan fingerprint density at radius 3 is 2.85 bits per heavy atom. The van der Waals surface area contributed by atoms with E-state index in [1.807, 2.05) is 41.7 Å². The summed E-state index contributed by atoms with van der Waals surface area (Å²) >= 11 is 1.61. The van der Waals surface area contributed by atoms with Gasteiger partial charge in [-0.05, 0) is 37.6 Å². The van der Waals surface area contributed by atoms with Gasteiger partial charge in [-0.25, -0.2) is 4.98 Å². The van der Waals surface area contributed by atoms with Crippen molar-refractivity contribution in [1.29, 1.82) is 0 Å². The van der Waals surface area contributed by atoms with E-state index in [9.17, 15) is 0 Å². The van der Waals surface area contributed by atoms with Gasteiger partial charge in [-0.1, -0.05) is 6.58 Å². The van der Waals surface area contributed by atoms with Crippen molar-refractivity contribution < 1.29 is 0 Å². The van der Waals surface area contributed by atoms with Crippen LogP contribution in [0.15, 0.2) is 36.4 Å². The molecule has 3 aromatic heterocycles. The van der Waals surface area contributed by atoms with Crippen LogP contribution in [0.2, 0.25) is 0 Å². The first-order valence-electron chi connectivity index (χ1n) is 8.39. The molecule has 0 saturated carbocycles. The van der Waals surface area contributed by atoms with Crippen LogP contribution in [0.25, 0.3) is 38.6 Å². The highest BCUT2D eigenvalue weighted by atomic mass is 32.1. The maximum atomic E-state index is 5.95. The monoisotopic (exact) mass is 364 g/mol. The van der Waals surface area contributed by atoms with Gasteiger partial charge in [0.15, 0.2) is 0 Å². The highest BCUT2D eigenvalue weighted by Crippen LogP contribution is 2.35. The average molecular weight is 364 g/mol. The summed E-state index contributed by atoms with van der Waals surface area (Å²) in [5, 5.41) is 13.0. The van der Waals surface area contributed by atoms with E-state index in [0.29, 0.717) is 5.70 Å². The molecule has 2 N–H and O–H groups in total. The van der Waals surface area contributed by atoms with Gasteiger partial charge >= 0.3 is 0 Å². The standard InChI is InChI=1S/C19H20N6S/c1-5-25-18(6-11(2)23-25)16-10-26-19(22-16)14-7-13(12(3)20)8-17-15(14)9-21-24(17)4/h6-10H,3,5,20H2,1-2,4H3. The summed E-state index contributed by atoms with van der Waals surface area (Å²) in [5.74, 6) is 0. The topological polar surface area (TPSA) is 74.6 Å². The van der Waals surface area contributed by atoms with Crippen molar-refractivity contribution in [2.45, 2.75) is 20.4 Å². The fraction of sp³-hybridized carbons (Fsp3) is 0.211. The molecule has 0 atom stereocenters. The largest absolute Gasteiger partial charge is 0.399 e. The van der Waals surface area contributed by atoms with Gasteiger partial charge in [0, 0.05) is 35.6 Å². The number of nitrogens with two attached hydrogens (primary N) is 1. The van der Waals surface area contributed by atoms with Crippen molar-refractivity contribution in [2.24, 2.45) is 12.8 Å². The molecule has 3 heterocycles. The summed E-state index contributed by atoms with van der Waals surface area (Å²) in [4.78, 5) is 4.88. The second-order valence-electron chi connectivity index (χ2n) is 6.27. The molecule has 6 nitrogen and oxygen atoms in total. The molecule has 132 valence electrons. The van der Waals surface area contributed by atoms with Crippen LogP contribution in [0.4, 0.5) is 0 Å². The van der Waals surface area contributed by atoms with Crippen molar-refractivity contribution in [3.8, 4) is 22.0 Å². The van der Waals surface area contributed by atoms with Gasteiger partial charge in [0.05, 0.1) is 28.8 Å². The highest BCUT2D eigenvalue weighted by Gasteiger charge is 2.16. The highest BCUT2D eigenvalue weighted by molar-refractivity contribution is 7.13. The fourth-order valence-corrected chi connectivity index (χ4v) is 3.96. The van der Waals surface area contributed by atoms with E-state index in [-0.39, 0.29) is 0 Å². The van der Waals surface area contributed by atoms with E-state index in [0.717, 1.165) is 50.7 Å². The number of aryl methyl sites for hydroxylation is 3. The third-order valence-electron chi connectivity index (χ3n) is 4.44. The van der Waals surface area contributed by atoms with Gasteiger partial charge in [0.2, 0.25) is 0 Å². The first-order valence-corrected chi connectivity index (χ1v) is 9.27. The second-order valence-corrected chi connectivity index (χ2v) is 7.13. The molecular weight excluding hydrogens is 344 g/mol. The van der Waals surface area contributed by atoms with E-state index >= 15 is 0 Å². The molecule has 0 aliphatic heterocycles. The minimum Gasteiger partial charge on any atom is -0.399 e. The van der Waals surface area contributed by atoms with Gasteiger partial charge < -0.3 is 5.73 Å². The molecule has 0 bridgehead atoms. The van der Waals surface area contributed by atoms with Crippen molar-refractivity contribution in [1.82, 2.24) is 24.5 Å². The summed E-state index contributed by atoms with van der Waals surface area (Å²) in [7, 11) is 1.92. The molecule has 0 fully saturated rings. The predicted molar refractivity (Wildman–Crippen MR) is 107 cm³/mol. The first-order chi connectivity index (χ1) is 12.5. The molecule has 0 spiro atoms. The predicted octanol–water partition coefficient (Wildman–Crippen LogP) is 3.82. The molecule has 7 heteroatoms. The fourth-order valence-electron chi connectivity index (χ4n) is 3.12. The third-order valence-corrected chi connectivity index (χ3v) is 5.31. The zero-order chi connectivity index (χ0) is 18.4. The minimum atomic E-state index is 0.533. The van der Waals surface area contributed by atoms with Crippen LogP contribution >= 0.6 is 11.3 Å². The molecule has 4 rings (SSSR count). The van der Waals surface area contributed by atoms with Crippen LogP contribution in [0.3, 0.4) is 0 Å². The average Bonchev–Trinajstić information content (AvgIpc) is 3.32. The minimum absolute atomic E-state index is 0.533. The summed E-state index contributed by atoms with van der Waals surface area (Å²) in [6.07, 6.45) is 1.87. The zero-order valence-corrected chi connectivity index (χ0v) is 15.8. The molecule has 0 saturated heterocycles. The van der Waals surface area contributed by atoms with E-state index in [4.69, 9.17) is 10.7 Å². The Labute approximate surface area is 155 Å². The Bertz CT molecular complexity index is 1130. The summed E-state index contributed by atoms with van der Waals surface area (Å²) in [5.41, 5.74) is 12.4. The molecule has 26 heavy (non-hydrogen) atoms. The number of benzene rings is 1.